The SMILES string of the molecule is COc1ccc(Cl)c2sc(NC(=O)c3cccc(S(=O)(=O)C(C)C)c3)nc12. The minimum absolute atomic E-state index is 0.110. The summed E-state index contributed by atoms with van der Waals surface area (Å²) in [5.74, 6) is 0.0983. The highest BCUT2D eigenvalue weighted by molar-refractivity contribution is 7.92. The molecule has 0 saturated carbocycles. The van der Waals surface area contributed by atoms with Gasteiger partial charge in [0.05, 0.1) is 27.0 Å². The number of anilines is 1. The van der Waals surface area contributed by atoms with Crippen LogP contribution in [0.4, 0.5) is 5.13 Å². The van der Waals surface area contributed by atoms with E-state index in [1.165, 1.54) is 30.6 Å². The van der Waals surface area contributed by atoms with Gasteiger partial charge in [-0.15, -0.1) is 0 Å². The molecule has 0 bridgehead atoms. The average Bonchev–Trinajstić information content (AvgIpc) is 3.06. The molecule has 1 heterocycles. The maximum Gasteiger partial charge on any atom is 0.257 e. The number of aromatic nitrogens is 1. The van der Waals surface area contributed by atoms with Crippen molar-refractivity contribution in [2.24, 2.45) is 0 Å². The Hall–Kier alpha value is -2.16. The molecule has 3 rings (SSSR count). The zero-order chi connectivity index (χ0) is 19.8. The van der Waals surface area contributed by atoms with Crippen LogP contribution in [0, 0.1) is 0 Å². The van der Waals surface area contributed by atoms with Crippen molar-refractivity contribution < 1.29 is 17.9 Å². The van der Waals surface area contributed by atoms with E-state index >= 15 is 0 Å². The molecule has 0 aliphatic carbocycles. The van der Waals surface area contributed by atoms with Crippen LogP contribution in [-0.2, 0) is 9.84 Å². The summed E-state index contributed by atoms with van der Waals surface area (Å²) < 4.78 is 30.6. The second-order valence-electron chi connectivity index (χ2n) is 6.02. The molecule has 0 radical (unpaired) electrons. The first-order chi connectivity index (χ1) is 12.7. The third-order valence-electron chi connectivity index (χ3n) is 3.94. The van der Waals surface area contributed by atoms with Gasteiger partial charge in [0, 0.05) is 5.56 Å². The Kier molecular flexibility index (Phi) is 5.41. The van der Waals surface area contributed by atoms with E-state index in [9.17, 15) is 13.2 Å². The number of halogens is 1. The van der Waals surface area contributed by atoms with Gasteiger partial charge in [0.2, 0.25) is 0 Å². The summed E-state index contributed by atoms with van der Waals surface area (Å²) in [5.41, 5.74) is 0.787. The highest BCUT2D eigenvalue weighted by Gasteiger charge is 2.21. The lowest BCUT2D eigenvalue weighted by atomic mass is 10.2. The number of hydrogen-bond acceptors (Lipinski definition) is 6. The van der Waals surface area contributed by atoms with Crippen molar-refractivity contribution in [3.63, 3.8) is 0 Å². The normalized spacial score (nSPS) is 11.7. The molecule has 0 atom stereocenters. The number of carbonyl (C=O) groups is 1. The van der Waals surface area contributed by atoms with Gasteiger partial charge >= 0.3 is 0 Å². The largest absolute Gasteiger partial charge is 0.494 e. The molecule has 1 aromatic heterocycles. The van der Waals surface area contributed by atoms with Gasteiger partial charge in [-0.3, -0.25) is 10.1 Å². The lowest BCUT2D eigenvalue weighted by Gasteiger charge is -2.09. The zero-order valence-corrected chi connectivity index (χ0v) is 17.2. The molecule has 0 aliphatic heterocycles. The molecular weight excluding hydrogens is 408 g/mol. The van der Waals surface area contributed by atoms with Gasteiger partial charge in [-0.1, -0.05) is 29.0 Å². The Bertz CT molecular complexity index is 1120. The number of methoxy groups -OCH3 is 1. The van der Waals surface area contributed by atoms with Gasteiger partial charge in [0.15, 0.2) is 15.0 Å². The number of thiazole rings is 1. The molecule has 0 fully saturated rings. The summed E-state index contributed by atoms with van der Waals surface area (Å²) in [6.45, 7) is 3.20. The smallest absolute Gasteiger partial charge is 0.257 e. The van der Waals surface area contributed by atoms with Gasteiger partial charge in [-0.2, -0.15) is 0 Å². The lowest BCUT2D eigenvalue weighted by molar-refractivity contribution is 0.102. The summed E-state index contributed by atoms with van der Waals surface area (Å²) in [5, 5.41) is 2.97. The van der Waals surface area contributed by atoms with E-state index in [0.29, 0.717) is 26.1 Å². The number of amides is 1. The van der Waals surface area contributed by atoms with Gasteiger partial charge in [0.1, 0.15) is 11.3 Å². The van der Waals surface area contributed by atoms with Crippen LogP contribution in [0.3, 0.4) is 0 Å². The van der Waals surface area contributed by atoms with Crippen LogP contribution in [0.1, 0.15) is 24.2 Å². The molecule has 1 amide bonds. The first-order valence-electron chi connectivity index (χ1n) is 8.02. The van der Waals surface area contributed by atoms with E-state index in [4.69, 9.17) is 16.3 Å². The predicted octanol–water partition coefficient (Wildman–Crippen LogP) is 4.39. The summed E-state index contributed by atoms with van der Waals surface area (Å²) in [6, 6.07) is 9.35. The van der Waals surface area contributed by atoms with Crippen molar-refractivity contribution in [3.05, 3.63) is 47.0 Å². The third-order valence-corrected chi connectivity index (χ3v) is 7.53. The molecule has 142 valence electrons. The molecule has 27 heavy (non-hydrogen) atoms. The van der Waals surface area contributed by atoms with Crippen molar-refractivity contribution in [3.8, 4) is 5.75 Å². The van der Waals surface area contributed by atoms with Crippen LogP contribution in [0.2, 0.25) is 5.02 Å². The topological polar surface area (TPSA) is 85.4 Å². The average molecular weight is 425 g/mol. The van der Waals surface area contributed by atoms with E-state index in [1.54, 1.807) is 38.1 Å². The number of nitrogens with zero attached hydrogens (tertiary/aromatic N) is 1. The molecule has 6 nitrogen and oxygen atoms in total. The van der Waals surface area contributed by atoms with E-state index in [-0.39, 0.29) is 10.5 Å². The summed E-state index contributed by atoms with van der Waals surface area (Å²) in [7, 11) is -1.94. The highest BCUT2D eigenvalue weighted by atomic mass is 35.5. The van der Waals surface area contributed by atoms with E-state index < -0.39 is 21.0 Å². The number of ether oxygens (including phenoxy) is 1. The Labute approximate surface area is 166 Å². The van der Waals surface area contributed by atoms with E-state index in [1.807, 2.05) is 0 Å². The van der Waals surface area contributed by atoms with Crippen molar-refractivity contribution in [1.82, 2.24) is 4.98 Å². The van der Waals surface area contributed by atoms with Gasteiger partial charge in [-0.25, -0.2) is 13.4 Å². The monoisotopic (exact) mass is 424 g/mol. The Morgan fingerprint density at radius 2 is 2.00 bits per heavy atom. The van der Waals surface area contributed by atoms with Gasteiger partial charge in [0.25, 0.3) is 5.91 Å². The predicted molar refractivity (Wildman–Crippen MR) is 108 cm³/mol. The maximum atomic E-state index is 12.6. The van der Waals surface area contributed by atoms with Crippen molar-refractivity contribution in [2.45, 2.75) is 24.0 Å². The molecule has 2 aromatic carbocycles. The fourth-order valence-electron chi connectivity index (χ4n) is 2.43. The van der Waals surface area contributed by atoms with Crippen LogP contribution in [0.5, 0.6) is 5.75 Å². The number of carbonyl (C=O) groups excluding carboxylic acids is 1. The molecule has 0 saturated heterocycles. The van der Waals surface area contributed by atoms with Crippen LogP contribution in [-0.4, -0.2) is 31.7 Å². The molecule has 1 N–H and O–H groups in total. The number of benzene rings is 2. The number of sulfone groups is 1. The lowest BCUT2D eigenvalue weighted by Crippen LogP contribution is -2.16. The van der Waals surface area contributed by atoms with Crippen molar-refractivity contribution >= 4 is 54.0 Å². The quantitative estimate of drug-likeness (QED) is 0.656. The first-order valence-corrected chi connectivity index (χ1v) is 10.8. The fourth-order valence-corrected chi connectivity index (χ4v) is 4.68. The molecule has 9 heteroatoms. The molecule has 0 spiro atoms. The van der Waals surface area contributed by atoms with E-state index in [2.05, 4.69) is 10.3 Å². The molecular formula is C18H17ClN2O4S2. The van der Waals surface area contributed by atoms with Crippen LogP contribution < -0.4 is 10.1 Å². The Morgan fingerprint density at radius 1 is 1.26 bits per heavy atom. The molecule has 3 aromatic rings. The first kappa shape index (κ1) is 19.6. The second kappa shape index (κ2) is 7.46. The van der Waals surface area contributed by atoms with Crippen LogP contribution in [0.25, 0.3) is 10.2 Å². The Balaban J connectivity index is 1.93. The molecule has 0 aliphatic rings. The van der Waals surface area contributed by atoms with Crippen LogP contribution >= 0.6 is 22.9 Å². The van der Waals surface area contributed by atoms with Crippen molar-refractivity contribution in [2.75, 3.05) is 12.4 Å². The van der Waals surface area contributed by atoms with E-state index in [0.717, 1.165) is 0 Å². The Morgan fingerprint density at radius 3 is 2.67 bits per heavy atom. The number of nitrogens with one attached hydrogen (secondary N) is 1. The standard InChI is InChI=1S/C18H17ClN2O4S2/c1-10(2)27(23,24)12-6-4-5-11(9-12)17(22)21-18-20-15-14(25-3)8-7-13(19)16(15)26-18/h4-10H,1-3H3,(H,20,21,22). The minimum Gasteiger partial charge on any atom is -0.494 e. The second-order valence-corrected chi connectivity index (χ2v) is 9.93. The zero-order valence-electron chi connectivity index (χ0n) is 14.8. The van der Waals surface area contributed by atoms with Gasteiger partial charge < -0.3 is 4.74 Å². The number of rotatable bonds is 5. The summed E-state index contributed by atoms with van der Waals surface area (Å²) >= 11 is 7.41. The van der Waals surface area contributed by atoms with Crippen molar-refractivity contribution in [1.29, 1.82) is 0 Å². The maximum absolute atomic E-state index is 12.6. The number of fused-ring (bicyclic) bond motifs is 1. The number of hydrogen-bond donors (Lipinski definition) is 1. The summed E-state index contributed by atoms with van der Waals surface area (Å²) in [6.07, 6.45) is 0. The highest BCUT2D eigenvalue weighted by Crippen LogP contribution is 2.37. The minimum atomic E-state index is -3.47. The molecule has 0 unspecified atom stereocenters. The fraction of sp³-hybridized carbons (Fsp3) is 0.222. The van der Waals surface area contributed by atoms with Crippen LogP contribution in [0.15, 0.2) is 41.3 Å². The third kappa shape index (κ3) is 3.78. The van der Waals surface area contributed by atoms with Gasteiger partial charge in [-0.05, 0) is 44.2 Å². The summed E-state index contributed by atoms with van der Waals surface area (Å²) in [4.78, 5) is 17.1.